The van der Waals surface area contributed by atoms with E-state index in [9.17, 15) is 5.11 Å². The van der Waals surface area contributed by atoms with E-state index >= 15 is 0 Å². The van der Waals surface area contributed by atoms with Crippen LogP contribution < -0.4 is 5.32 Å². The minimum Gasteiger partial charge on any atom is -0.379 e. The van der Waals surface area contributed by atoms with Crippen molar-refractivity contribution in [3.8, 4) is 12.3 Å². The molecule has 3 rings (SSSR count). The zero-order valence-electron chi connectivity index (χ0n) is 12.5. The highest BCUT2D eigenvalue weighted by molar-refractivity contribution is 5.43. The summed E-state index contributed by atoms with van der Waals surface area (Å²) in [5.41, 5.74) is 0.0788. The van der Waals surface area contributed by atoms with Gasteiger partial charge in [-0.3, -0.25) is 0 Å². The van der Waals surface area contributed by atoms with E-state index in [1.165, 1.54) is 0 Å². The van der Waals surface area contributed by atoms with Crippen LogP contribution in [-0.2, 0) is 10.3 Å². The summed E-state index contributed by atoms with van der Waals surface area (Å²) in [4.78, 5) is 0. The van der Waals surface area contributed by atoms with Gasteiger partial charge in [-0.2, -0.15) is 0 Å². The molecule has 2 N–H and O–H groups in total. The maximum absolute atomic E-state index is 10.5. The quantitative estimate of drug-likeness (QED) is 0.834. The zero-order chi connectivity index (χ0) is 15.7. The van der Waals surface area contributed by atoms with Crippen molar-refractivity contribution in [1.82, 2.24) is 5.32 Å². The molecule has 2 aromatic rings. The largest absolute Gasteiger partial charge is 0.379 e. The van der Waals surface area contributed by atoms with E-state index in [4.69, 9.17) is 11.2 Å². The number of hydrogen-bond acceptors (Lipinski definition) is 3. The van der Waals surface area contributed by atoms with Crippen LogP contribution >= 0.6 is 0 Å². The molecule has 1 aliphatic heterocycles. The fourth-order valence-corrected chi connectivity index (χ4v) is 2.21. The minimum atomic E-state index is -1.34. The SMILES string of the molecule is C#CC(O)(c1ccccc1)c1ccccc1.C1COCCN1. The van der Waals surface area contributed by atoms with Gasteiger partial charge >= 0.3 is 0 Å². The molecular formula is C19H21NO2. The van der Waals surface area contributed by atoms with Crippen molar-refractivity contribution in [2.45, 2.75) is 5.60 Å². The van der Waals surface area contributed by atoms with Crippen molar-refractivity contribution in [3.63, 3.8) is 0 Å². The fraction of sp³-hybridized carbons (Fsp3) is 0.263. The van der Waals surface area contributed by atoms with Gasteiger partial charge in [-0.05, 0) is 0 Å². The zero-order valence-corrected chi connectivity index (χ0v) is 12.5. The first kappa shape index (κ1) is 16.3. The molecule has 1 fully saturated rings. The first-order valence-corrected chi connectivity index (χ1v) is 7.37. The number of hydrogen-bond donors (Lipinski definition) is 2. The average molecular weight is 295 g/mol. The van der Waals surface area contributed by atoms with Gasteiger partial charge in [0.2, 0.25) is 0 Å². The highest BCUT2D eigenvalue weighted by atomic mass is 16.5. The standard InChI is InChI=1S/C15H12O.C4H9NO/c1-2-15(16,13-9-5-3-6-10-13)14-11-7-4-8-12-14;1-3-6-4-2-5-1/h1,3-12,16H;5H,1-4H2. The van der Waals surface area contributed by atoms with Crippen LogP contribution in [0.15, 0.2) is 60.7 Å². The highest BCUT2D eigenvalue weighted by Gasteiger charge is 2.28. The first-order valence-electron chi connectivity index (χ1n) is 7.37. The number of nitrogens with one attached hydrogen (secondary N) is 1. The summed E-state index contributed by atoms with van der Waals surface area (Å²) >= 11 is 0. The molecule has 1 heterocycles. The van der Waals surface area contributed by atoms with E-state index in [0.29, 0.717) is 11.1 Å². The smallest absolute Gasteiger partial charge is 0.176 e. The lowest BCUT2D eigenvalue weighted by Gasteiger charge is -2.23. The summed E-state index contributed by atoms with van der Waals surface area (Å²) in [6.45, 7) is 3.83. The summed E-state index contributed by atoms with van der Waals surface area (Å²) in [6.07, 6.45) is 5.47. The Morgan fingerprint density at radius 3 is 1.64 bits per heavy atom. The Balaban J connectivity index is 0.000000246. The summed E-state index contributed by atoms with van der Waals surface area (Å²) < 4.78 is 5.01. The monoisotopic (exact) mass is 295 g/mol. The third-order valence-corrected chi connectivity index (χ3v) is 3.44. The molecule has 3 nitrogen and oxygen atoms in total. The van der Waals surface area contributed by atoms with Crippen molar-refractivity contribution in [3.05, 3.63) is 71.8 Å². The number of benzene rings is 2. The van der Waals surface area contributed by atoms with Crippen molar-refractivity contribution in [1.29, 1.82) is 0 Å². The Labute approximate surface area is 131 Å². The van der Waals surface area contributed by atoms with E-state index in [1.54, 1.807) is 0 Å². The average Bonchev–Trinajstić information content (AvgIpc) is 2.64. The topological polar surface area (TPSA) is 41.5 Å². The lowest BCUT2D eigenvalue weighted by atomic mass is 9.87. The van der Waals surface area contributed by atoms with Crippen LogP contribution in [0.25, 0.3) is 0 Å². The molecule has 0 bridgehead atoms. The molecule has 1 saturated heterocycles. The molecule has 114 valence electrons. The molecular weight excluding hydrogens is 274 g/mol. The van der Waals surface area contributed by atoms with Gasteiger partial charge in [-0.25, -0.2) is 0 Å². The van der Waals surface area contributed by atoms with Gasteiger partial charge < -0.3 is 15.2 Å². The summed E-state index contributed by atoms with van der Waals surface area (Å²) in [5.74, 6) is 2.47. The van der Waals surface area contributed by atoms with Gasteiger partial charge in [0.25, 0.3) is 0 Å². The number of aliphatic hydroxyl groups is 1. The molecule has 0 amide bonds. The van der Waals surface area contributed by atoms with E-state index in [-0.39, 0.29) is 0 Å². The van der Waals surface area contributed by atoms with Crippen LogP contribution in [0, 0.1) is 12.3 Å². The summed E-state index contributed by atoms with van der Waals surface area (Å²) in [5, 5.41) is 13.7. The second-order valence-corrected chi connectivity index (χ2v) is 4.95. The van der Waals surface area contributed by atoms with E-state index < -0.39 is 5.60 Å². The Morgan fingerprint density at radius 1 is 0.909 bits per heavy atom. The molecule has 22 heavy (non-hydrogen) atoms. The van der Waals surface area contributed by atoms with Crippen molar-refractivity contribution < 1.29 is 9.84 Å². The van der Waals surface area contributed by atoms with Gasteiger partial charge in [0.05, 0.1) is 13.2 Å². The molecule has 0 saturated carbocycles. The Hall–Kier alpha value is -2.12. The Kier molecular flexibility index (Phi) is 6.17. The molecule has 2 aromatic carbocycles. The Bertz CT molecular complexity index is 535. The second kappa shape index (κ2) is 8.35. The third kappa shape index (κ3) is 4.19. The third-order valence-electron chi connectivity index (χ3n) is 3.44. The molecule has 0 aromatic heterocycles. The van der Waals surface area contributed by atoms with Crippen LogP contribution in [-0.4, -0.2) is 31.4 Å². The van der Waals surface area contributed by atoms with Gasteiger partial charge in [0, 0.05) is 24.2 Å². The molecule has 0 radical (unpaired) electrons. The van der Waals surface area contributed by atoms with E-state index in [2.05, 4.69) is 11.2 Å². The predicted octanol–water partition coefficient (Wildman–Crippen LogP) is 2.16. The maximum Gasteiger partial charge on any atom is 0.176 e. The van der Waals surface area contributed by atoms with Crippen molar-refractivity contribution in [2.75, 3.05) is 26.3 Å². The number of ether oxygens (including phenoxy) is 1. The lowest BCUT2D eigenvalue weighted by Crippen LogP contribution is -2.30. The highest BCUT2D eigenvalue weighted by Crippen LogP contribution is 2.28. The molecule has 3 heteroatoms. The fourth-order valence-electron chi connectivity index (χ4n) is 2.21. The molecule has 1 aliphatic rings. The van der Waals surface area contributed by atoms with Crippen LogP contribution in [0.3, 0.4) is 0 Å². The van der Waals surface area contributed by atoms with E-state index in [0.717, 1.165) is 26.3 Å². The summed E-state index contributed by atoms with van der Waals surface area (Å²) in [6, 6.07) is 18.5. The molecule has 0 unspecified atom stereocenters. The molecule has 0 aliphatic carbocycles. The minimum absolute atomic E-state index is 0.712. The lowest BCUT2D eigenvalue weighted by molar-refractivity contribution is 0.109. The van der Waals surface area contributed by atoms with Gasteiger partial charge in [0.15, 0.2) is 5.60 Å². The number of terminal acetylenes is 1. The second-order valence-electron chi connectivity index (χ2n) is 4.95. The van der Waals surface area contributed by atoms with Gasteiger partial charge in [-0.1, -0.05) is 66.6 Å². The van der Waals surface area contributed by atoms with Crippen LogP contribution in [0.2, 0.25) is 0 Å². The predicted molar refractivity (Wildman–Crippen MR) is 88.4 cm³/mol. The van der Waals surface area contributed by atoms with Gasteiger partial charge in [-0.15, -0.1) is 6.42 Å². The van der Waals surface area contributed by atoms with Crippen LogP contribution in [0.4, 0.5) is 0 Å². The summed E-state index contributed by atoms with van der Waals surface area (Å²) in [7, 11) is 0. The maximum atomic E-state index is 10.5. The normalized spacial score (nSPS) is 14.4. The molecule has 0 spiro atoms. The van der Waals surface area contributed by atoms with E-state index in [1.807, 2.05) is 60.7 Å². The first-order chi connectivity index (χ1) is 10.8. The van der Waals surface area contributed by atoms with Crippen LogP contribution in [0.5, 0.6) is 0 Å². The Morgan fingerprint density at radius 2 is 1.36 bits per heavy atom. The van der Waals surface area contributed by atoms with Crippen molar-refractivity contribution in [2.24, 2.45) is 0 Å². The van der Waals surface area contributed by atoms with Crippen LogP contribution in [0.1, 0.15) is 11.1 Å². The van der Waals surface area contributed by atoms with Crippen molar-refractivity contribution >= 4 is 0 Å². The molecule has 0 atom stereocenters. The van der Waals surface area contributed by atoms with Gasteiger partial charge in [0.1, 0.15) is 0 Å². The number of rotatable bonds is 2. The number of morpholine rings is 1.